The molecular formula is C12H23N3O. The summed E-state index contributed by atoms with van der Waals surface area (Å²) < 4.78 is 0. The molecule has 0 aromatic heterocycles. The van der Waals surface area contributed by atoms with Crippen LogP contribution in [0, 0.1) is 0 Å². The van der Waals surface area contributed by atoms with Crippen LogP contribution in [-0.4, -0.2) is 54.0 Å². The number of hydrogen-bond acceptors (Lipinski definition) is 3. The number of carbonyl (C=O) groups excluding carboxylic acids is 1. The smallest absolute Gasteiger partial charge is 0.239 e. The van der Waals surface area contributed by atoms with Gasteiger partial charge in [0.25, 0.3) is 0 Å². The Labute approximate surface area is 97.8 Å². The third-order valence-electron chi connectivity index (χ3n) is 4.00. The average Bonchev–Trinajstić information content (AvgIpc) is 2.60. The molecule has 2 aliphatic rings. The molecule has 2 heterocycles. The number of likely N-dealkylation sites (N-methyl/N-ethyl adjacent to an activating group) is 1. The van der Waals surface area contributed by atoms with Crippen molar-refractivity contribution in [2.24, 2.45) is 5.73 Å². The zero-order chi connectivity index (χ0) is 11.7. The molecule has 0 aromatic rings. The molecule has 0 aromatic carbocycles. The maximum atomic E-state index is 12.0. The predicted molar refractivity (Wildman–Crippen MR) is 64.0 cm³/mol. The van der Waals surface area contributed by atoms with Gasteiger partial charge in [0, 0.05) is 25.7 Å². The maximum Gasteiger partial charge on any atom is 0.239 e. The molecule has 2 N–H and O–H groups in total. The number of carbonyl (C=O) groups is 1. The van der Waals surface area contributed by atoms with Gasteiger partial charge in [-0.15, -0.1) is 0 Å². The van der Waals surface area contributed by atoms with E-state index in [-0.39, 0.29) is 18.0 Å². The van der Waals surface area contributed by atoms with Crippen molar-refractivity contribution in [3.8, 4) is 0 Å². The van der Waals surface area contributed by atoms with Gasteiger partial charge in [0.05, 0.1) is 6.04 Å². The Morgan fingerprint density at radius 1 is 1.31 bits per heavy atom. The Hall–Kier alpha value is -0.610. The van der Waals surface area contributed by atoms with E-state index in [9.17, 15) is 4.79 Å². The SMILES string of the molecule is CC(N)C1CCCCN1C1CCN(C)C1=O. The molecule has 4 heteroatoms. The zero-order valence-electron chi connectivity index (χ0n) is 10.4. The number of amides is 1. The van der Waals surface area contributed by atoms with Crippen molar-refractivity contribution in [2.75, 3.05) is 20.1 Å². The standard InChI is InChI=1S/C12H23N3O/c1-9(13)10-5-3-4-7-15(10)11-6-8-14(2)12(11)16/h9-11H,3-8,13H2,1-2H3. The third kappa shape index (κ3) is 2.09. The van der Waals surface area contributed by atoms with Crippen molar-refractivity contribution in [1.29, 1.82) is 0 Å². The lowest BCUT2D eigenvalue weighted by molar-refractivity contribution is -0.132. The predicted octanol–water partition coefficient (Wildman–Crippen LogP) is 0.419. The van der Waals surface area contributed by atoms with Crippen molar-refractivity contribution in [1.82, 2.24) is 9.80 Å². The van der Waals surface area contributed by atoms with Crippen molar-refractivity contribution in [2.45, 2.75) is 50.7 Å². The largest absolute Gasteiger partial charge is 0.344 e. The van der Waals surface area contributed by atoms with Gasteiger partial charge >= 0.3 is 0 Å². The van der Waals surface area contributed by atoms with Crippen LogP contribution >= 0.6 is 0 Å². The molecule has 2 saturated heterocycles. The van der Waals surface area contributed by atoms with Crippen LogP contribution in [-0.2, 0) is 4.79 Å². The molecule has 3 atom stereocenters. The quantitative estimate of drug-likeness (QED) is 0.741. The van der Waals surface area contributed by atoms with Gasteiger partial charge in [-0.05, 0) is 32.7 Å². The monoisotopic (exact) mass is 225 g/mol. The summed E-state index contributed by atoms with van der Waals surface area (Å²) in [5.41, 5.74) is 6.04. The minimum Gasteiger partial charge on any atom is -0.344 e. The van der Waals surface area contributed by atoms with E-state index < -0.39 is 0 Å². The molecule has 16 heavy (non-hydrogen) atoms. The first-order valence-electron chi connectivity index (χ1n) is 6.37. The molecule has 2 fully saturated rings. The highest BCUT2D eigenvalue weighted by atomic mass is 16.2. The summed E-state index contributed by atoms with van der Waals surface area (Å²) in [6, 6.07) is 0.662. The van der Waals surface area contributed by atoms with Crippen LogP contribution in [0.15, 0.2) is 0 Å². The van der Waals surface area contributed by atoms with Gasteiger partial charge < -0.3 is 10.6 Å². The van der Waals surface area contributed by atoms with Gasteiger partial charge in [-0.2, -0.15) is 0 Å². The number of piperidine rings is 1. The van der Waals surface area contributed by atoms with E-state index >= 15 is 0 Å². The maximum absolute atomic E-state index is 12.0. The number of nitrogens with zero attached hydrogens (tertiary/aromatic N) is 2. The van der Waals surface area contributed by atoms with Gasteiger partial charge in [0.2, 0.25) is 5.91 Å². The van der Waals surface area contributed by atoms with Gasteiger partial charge in [0.1, 0.15) is 0 Å². The lowest BCUT2D eigenvalue weighted by atomic mass is 9.94. The molecule has 0 saturated carbocycles. The first-order valence-corrected chi connectivity index (χ1v) is 6.37. The molecule has 3 unspecified atom stereocenters. The third-order valence-corrected chi connectivity index (χ3v) is 4.00. The molecule has 92 valence electrons. The highest BCUT2D eigenvalue weighted by molar-refractivity contribution is 5.83. The van der Waals surface area contributed by atoms with Crippen LogP contribution < -0.4 is 5.73 Å². The molecule has 1 amide bonds. The second-order valence-corrected chi connectivity index (χ2v) is 5.22. The number of likely N-dealkylation sites (tertiary alicyclic amines) is 2. The van der Waals surface area contributed by atoms with Crippen LogP contribution in [0.5, 0.6) is 0 Å². The lowest BCUT2D eigenvalue weighted by Crippen LogP contribution is -2.55. The van der Waals surface area contributed by atoms with Crippen LogP contribution in [0.1, 0.15) is 32.6 Å². The Kier molecular flexibility index (Phi) is 3.50. The van der Waals surface area contributed by atoms with Gasteiger partial charge in [-0.1, -0.05) is 6.42 Å². The van der Waals surface area contributed by atoms with Crippen molar-refractivity contribution in [3.05, 3.63) is 0 Å². The number of rotatable bonds is 2. The lowest BCUT2D eigenvalue weighted by Gasteiger charge is -2.40. The molecule has 4 nitrogen and oxygen atoms in total. The van der Waals surface area contributed by atoms with E-state index in [2.05, 4.69) is 11.8 Å². The van der Waals surface area contributed by atoms with Gasteiger partial charge in [-0.3, -0.25) is 9.69 Å². The highest BCUT2D eigenvalue weighted by Crippen LogP contribution is 2.26. The minimum absolute atomic E-state index is 0.0984. The summed E-state index contributed by atoms with van der Waals surface area (Å²) in [6.45, 7) is 3.99. The molecule has 0 radical (unpaired) electrons. The first kappa shape index (κ1) is 11.9. The highest BCUT2D eigenvalue weighted by Gasteiger charge is 2.39. The van der Waals surface area contributed by atoms with Crippen molar-refractivity contribution >= 4 is 5.91 Å². The second-order valence-electron chi connectivity index (χ2n) is 5.22. The van der Waals surface area contributed by atoms with Crippen molar-refractivity contribution < 1.29 is 4.79 Å². The fraction of sp³-hybridized carbons (Fsp3) is 0.917. The summed E-state index contributed by atoms with van der Waals surface area (Å²) in [5, 5.41) is 0. The summed E-state index contributed by atoms with van der Waals surface area (Å²) in [5.74, 6) is 0.285. The van der Waals surface area contributed by atoms with Gasteiger partial charge in [0.15, 0.2) is 0 Å². The van der Waals surface area contributed by atoms with Crippen LogP contribution in [0.4, 0.5) is 0 Å². The summed E-state index contributed by atoms with van der Waals surface area (Å²) in [6.07, 6.45) is 4.57. The Bertz CT molecular complexity index is 267. The molecule has 0 bridgehead atoms. The fourth-order valence-electron chi connectivity index (χ4n) is 3.04. The zero-order valence-corrected chi connectivity index (χ0v) is 10.4. The van der Waals surface area contributed by atoms with Crippen LogP contribution in [0.2, 0.25) is 0 Å². The molecule has 2 aliphatic heterocycles. The second kappa shape index (κ2) is 4.72. The minimum atomic E-state index is 0.0984. The summed E-state index contributed by atoms with van der Waals surface area (Å²) in [4.78, 5) is 16.2. The normalized spacial score (nSPS) is 34.4. The van der Waals surface area contributed by atoms with Crippen LogP contribution in [0.3, 0.4) is 0 Å². The topological polar surface area (TPSA) is 49.6 Å². The number of hydrogen-bond donors (Lipinski definition) is 1. The van der Waals surface area contributed by atoms with Crippen molar-refractivity contribution in [3.63, 3.8) is 0 Å². The van der Waals surface area contributed by atoms with E-state index in [0.29, 0.717) is 6.04 Å². The fourth-order valence-corrected chi connectivity index (χ4v) is 3.04. The van der Waals surface area contributed by atoms with E-state index in [1.54, 1.807) is 0 Å². The van der Waals surface area contributed by atoms with E-state index in [1.807, 2.05) is 11.9 Å². The van der Waals surface area contributed by atoms with Crippen LogP contribution in [0.25, 0.3) is 0 Å². The summed E-state index contributed by atoms with van der Waals surface area (Å²) >= 11 is 0. The average molecular weight is 225 g/mol. The first-order chi connectivity index (χ1) is 7.61. The van der Waals surface area contributed by atoms with E-state index in [0.717, 1.165) is 25.9 Å². The molecule has 0 aliphatic carbocycles. The Morgan fingerprint density at radius 2 is 2.06 bits per heavy atom. The Balaban J connectivity index is 2.08. The van der Waals surface area contributed by atoms with Gasteiger partial charge in [-0.25, -0.2) is 0 Å². The number of nitrogens with two attached hydrogens (primary N) is 1. The van der Waals surface area contributed by atoms with E-state index in [4.69, 9.17) is 5.73 Å². The Morgan fingerprint density at radius 3 is 2.62 bits per heavy atom. The molecule has 0 spiro atoms. The molecule has 2 rings (SSSR count). The summed E-state index contributed by atoms with van der Waals surface area (Å²) in [7, 11) is 1.90. The van der Waals surface area contributed by atoms with E-state index in [1.165, 1.54) is 12.8 Å². The molecular weight excluding hydrogens is 202 g/mol.